The van der Waals surface area contributed by atoms with Crippen LogP contribution in [0, 0.1) is 5.41 Å². The molecule has 5 nitrogen and oxygen atoms in total. The lowest BCUT2D eigenvalue weighted by Gasteiger charge is -2.25. The molecule has 108 valence electrons. The second kappa shape index (κ2) is 5.15. The van der Waals surface area contributed by atoms with Crippen molar-refractivity contribution in [1.29, 1.82) is 0 Å². The average molecular weight is 276 g/mol. The number of amides is 2. The van der Waals surface area contributed by atoms with Gasteiger partial charge in [0.1, 0.15) is 11.4 Å². The largest absolute Gasteiger partial charge is 0.479 e. The molecule has 0 fully saturated rings. The second-order valence-corrected chi connectivity index (χ2v) is 6.21. The number of carbonyl (C=O) groups is 2. The number of anilines is 2. The fourth-order valence-corrected chi connectivity index (χ4v) is 2.01. The number of benzene rings is 1. The van der Waals surface area contributed by atoms with Crippen LogP contribution < -0.4 is 15.4 Å². The number of rotatable bonds is 2. The highest BCUT2D eigenvalue weighted by Gasteiger charge is 2.26. The third-order valence-corrected chi connectivity index (χ3v) is 2.91. The number of fused-ring (bicyclic) bond motifs is 1. The first-order valence-corrected chi connectivity index (χ1v) is 6.67. The minimum atomic E-state index is -0.525. The van der Waals surface area contributed by atoms with Gasteiger partial charge in [0.15, 0.2) is 6.10 Å². The van der Waals surface area contributed by atoms with Crippen LogP contribution >= 0.6 is 0 Å². The molecule has 2 N–H and O–H groups in total. The van der Waals surface area contributed by atoms with Crippen LogP contribution in [0.3, 0.4) is 0 Å². The Morgan fingerprint density at radius 3 is 2.75 bits per heavy atom. The van der Waals surface area contributed by atoms with Gasteiger partial charge in [-0.3, -0.25) is 9.59 Å². The highest BCUT2D eigenvalue weighted by Crippen LogP contribution is 2.36. The number of nitrogens with one attached hydrogen (secondary N) is 2. The van der Waals surface area contributed by atoms with E-state index in [0.29, 0.717) is 23.5 Å². The Balaban J connectivity index is 2.20. The molecule has 1 aromatic carbocycles. The molecule has 2 amide bonds. The molecule has 1 aromatic rings. The third kappa shape index (κ3) is 3.29. The van der Waals surface area contributed by atoms with Crippen molar-refractivity contribution < 1.29 is 14.3 Å². The van der Waals surface area contributed by atoms with E-state index in [2.05, 4.69) is 10.6 Å². The summed E-state index contributed by atoms with van der Waals surface area (Å²) in [6.07, 6.45) is -0.120. The Kier molecular flexibility index (Phi) is 3.70. The monoisotopic (exact) mass is 276 g/mol. The van der Waals surface area contributed by atoms with E-state index in [-0.39, 0.29) is 17.2 Å². The molecule has 1 aliphatic heterocycles. The van der Waals surface area contributed by atoms with Crippen LogP contribution in [0.25, 0.3) is 0 Å². The van der Waals surface area contributed by atoms with Crippen molar-refractivity contribution in [2.24, 2.45) is 5.41 Å². The number of carbonyl (C=O) groups excluding carboxylic acids is 2. The first-order chi connectivity index (χ1) is 9.26. The van der Waals surface area contributed by atoms with Crippen LogP contribution in [0.2, 0.25) is 0 Å². The molecule has 1 aliphatic rings. The fraction of sp³-hybridized carbons (Fsp3) is 0.467. The van der Waals surface area contributed by atoms with Crippen molar-refractivity contribution in [2.75, 3.05) is 10.6 Å². The summed E-state index contributed by atoms with van der Waals surface area (Å²) in [6.45, 7) is 7.68. The highest BCUT2D eigenvalue weighted by atomic mass is 16.5. The van der Waals surface area contributed by atoms with Crippen LogP contribution in [0.5, 0.6) is 5.75 Å². The van der Waals surface area contributed by atoms with Crippen molar-refractivity contribution in [2.45, 2.75) is 40.2 Å². The Bertz CT molecular complexity index is 547. The summed E-state index contributed by atoms with van der Waals surface area (Å²) in [5, 5.41) is 5.60. The lowest BCUT2D eigenvalue weighted by molar-refractivity contribution is -0.122. The Labute approximate surface area is 118 Å². The van der Waals surface area contributed by atoms with Crippen molar-refractivity contribution in [3.63, 3.8) is 0 Å². The van der Waals surface area contributed by atoms with Gasteiger partial charge in [0, 0.05) is 6.42 Å². The van der Waals surface area contributed by atoms with Gasteiger partial charge in [-0.25, -0.2) is 0 Å². The standard InChI is InChI=1S/C15H20N2O3/c1-9-14(19)17-13-10(6-5-7-11(13)20-9)16-12(18)8-15(2,3)4/h5-7,9H,8H2,1-4H3,(H,16,18)(H,17,19). The van der Waals surface area contributed by atoms with E-state index in [9.17, 15) is 9.59 Å². The molecular formula is C15H20N2O3. The first-order valence-electron chi connectivity index (χ1n) is 6.67. The van der Waals surface area contributed by atoms with E-state index < -0.39 is 6.10 Å². The predicted molar refractivity (Wildman–Crippen MR) is 77.9 cm³/mol. The summed E-state index contributed by atoms with van der Waals surface area (Å²) >= 11 is 0. The van der Waals surface area contributed by atoms with Crippen LogP contribution in [0.4, 0.5) is 11.4 Å². The van der Waals surface area contributed by atoms with Crippen LogP contribution in [-0.2, 0) is 9.59 Å². The van der Waals surface area contributed by atoms with Crippen molar-refractivity contribution in [1.82, 2.24) is 0 Å². The van der Waals surface area contributed by atoms with Gasteiger partial charge in [0.25, 0.3) is 5.91 Å². The molecule has 1 atom stereocenters. The van der Waals surface area contributed by atoms with Gasteiger partial charge in [0.05, 0.1) is 5.69 Å². The number of hydrogen-bond donors (Lipinski definition) is 2. The Hall–Kier alpha value is -2.04. The molecule has 0 saturated carbocycles. The summed E-state index contributed by atoms with van der Waals surface area (Å²) < 4.78 is 5.50. The first kappa shape index (κ1) is 14.4. The van der Waals surface area contributed by atoms with Gasteiger partial charge >= 0.3 is 0 Å². The van der Waals surface area contributed by atoms with Gasteiger partial charge in [-0.15, -0.1) is 0 Å². The normalized spacial score (nSPS) is 17.8. The smallest absolute Gasteiger partial charge is 0.265 e. The van der Waals surface area contributed by atoms with Crippen molar-refractivity contribution >= 4 is 23.2 Å². The van der Waals surface area contributed by atoms with E-state index in [1.807, 2.05) is 20.8 Å². The molecule has 5 heteroatoms. The van der Waals surface area contributed by atoms with E-state index in [0.717, 1.165) is 0 Å². The van der Waals surface area contributed by atoms with Gasteiger partial charge in [-0.2, -0.15) is 0 Å². The van der Waals surface area contributed by atoms with E-state index in [1.54, 1.807) is 25.1 Å². The average Bonchev–Trinajstić information content (AvgIpc) is 2.29. The molecule has 0 bridgehead atoms. The zero-order valence-corrected chi connectivity index (χ0v) is 12.2. The molecule has 20 heavy (non-hydrogen) atoms. The van der Waals surface area contributed by atoms with Crippen LogP contribution in [0.1, 0.15) is 34.1 Å². The van der Waals surface area contributed by atoms with Crippen molar-refractivity contribution in [3.05, 3.63) is 18.2 Å². The lowest BCUT2D eigenvalue weighted by Crippen LogP contribution is -2.35. The molecule has 1 heterocycles. The Morgan fingerprint density at radius 2 is 2.10 bits per heavy atom. The zero-order chi connectivity index (χ0) is 14.9. The quantitative estimate of drug-likeness (QED) is 0.872. The molecule has 0 spiro atoms. The van der Waals surface area contributed by atoms with Gasteiger partial charge in [-0.1, -0.05) is 26.8 Å². The van der Waals surface area contributed by atoms with Gasteiger partial charge in [0.2, 0.25) is 5.91 Å². The molecule has 0 saturated heterocycles. The van der Waals surface area contributed by atoms with Crippen LogP contribution in [0.15, 0.2) is 18.2 Å². The molecule has 0 aromatic heterocycles. The maximum atomic E-state index is 12.0. The van der Waals surface area contributed by atoms with E-state index in [4.69, 9.17) is 4.74 Å². The van der Waals surface area contributed by atoms with Crippen LogP contribution in [-0.4, -0.2) is 17.9 Å². The van der Waals surface area contributed by atoms with Gasteiger partial charge < -0.3 is 15.4 Å². The number of para-hydroxylation sites is 1. The fourth-order valence-electron chi connectivity index (χ4n) is 2.01. The summed E-state index contributed by atoms with van der Waals surface area (Å²) in [6, 6.07) is 5.30. The lowest BCUT2D eigenvalue weighted by atomic mass is 9.92. The molecule has 0 aliphatic carbocycles. The zero-order valence-electron chi connectivity index (χ0n) is 12.2. The minimum absolute atomic E-state index is 0.0845. The Morgan fingerprint density at radius 1 is 1.40 bits per heavy atom. The molecule has 2 rings (SSSR count). The van der Waals surface area contributed by atoms with E-state index >= 15 is 0 Å². The minimum Gasteiger partial charge on any atom is -0.479 e. The van der Waals surface area contributed by atoms with E-state index in [1.165, 1.54) is 0 Å². The number of hydrogen-bond acceptors (Lipinski definition) is 3. The SMILES string of the molecule is CC1Oc2cccc(NC(=O)CC(C)(C)C)c2NC1=O. The summed E-state index contributed by atoms with van der Waals surface area (Å²) in [5.41, 5.74) is 1.00. The topological polar surface area (TPSA) is 67.4 Å². The second-order valence-electron chi connectivity index (χ2n) is 6.21. The number of ether oxygens (including phenoxy) is 1. The maximum absolute atomic E-state index is 12.0. The van der Waals surface area contributed by atoms with Gasteiger partial charge in [-0.05, 0) is 24.5 Å². The maximum Gasteiger partial charge on any atom is 0.265 e. The molecule has 1 unspecified atom stereocenters. The predicted octanol–water partition coefficient (Wildman–Crippen LogP) is 2.78. The summed E-state index contributed by atoms with van der Waals surface area (Å²) in [4.78, 5) is 23.7. The molecule has 0 radical (unpaired) electrons. The molecular weight excluding hydrogens is 256 g/mol. The summed E-state index contributed by atoms with van der Waals surface area (Å²) in [5.74, 6) is 0.277. The van der Waals surface area contributed by atoms with Crippen molar-refractivity contribution in [3.8, 4) is 5.75 Å². The third-order valence-electron chi connectivity index (χ3n) is 2.91. The summed E-state index contributed by atoms with van der Waals surface area (Å²) in [7, 11) is 0. The highest BCUT2D eigenvalue weighted by molar-refractivity contribution is 6.04.